The van der Waals surface area contributed by atoms with E-state index in [0.717, 1.165) is 11.2 Å². The van der Waals surface area contributed by atoms with Crippen LogP contribution in [0, 0.1) is 12.7 Å². The Morgan fingerprint density at radius 2 is 2.21 bits per heavy atom. The normalized spacial score (nSPS) is 18.0. The topological polar surface area (TPSA) is 91.2 Å². The zero-order valence-corrected chi connectivity index (χ0v) is 16.3. The van der Waals surface area contributed by atoms with Crippen molar-refractivity contribution in [3.05, 3.63) is 53.6 Å². The third-order valence-electron chi connectivity index (χ3n) is 4.85. The molecule has 3 aromatic rings. The molecule has 4 rings (SSSR count). The molecule has 2 aromatic heterocycles. The first-order chi connectivity index (χ1) is 14.1. The third-order valence-corrected chi connectivity index (χ3v) is 4.85. The molecular formula is C20H22FN5O3. The molecule has 1 N–H and O–H groups in total. The molecule has 8 nitrogen and oxygen atoms in total. The summed E-state index contributed by atoms with van der Waals surface area (Å²) in [5.41, 5.74) is 2.22. The highest BCUT2D eigenvalue weighted by molar-refractivity contribution is 5.92. The number of benzene rings is 1. The van der Waals surface area contributed by atoms with E-state index >= 15 is 0 Å². The third kappa shape index (κ3) is 3.96. The number of aryl methyl sites for hydroxylation is 2. The van der Waals surface area contributed by atoms with E-state index in [4.69, 9.17) is 9.47 Å². The van der Waals surface area contributed by atoms with Crippen LogP contribution in [-0.4, -0.2) is 51.4 Å². The fourth-order valence-corrected chi connectivity index (χ4v) is 3.44. The summed E-state index contributed by atoms with van der Waals surface area (Å²) in [5, 5.41) is 2.97. The van der Waals surface area contributed by atoms with Gasteiger partial charge in [0.2, 0.25) is 0 Å². The summed E-state index contributed by atoms with van der Waals surface area (Å²) >= 11 is 0. The Balaban J connectivity index is 1.73. The minimum atomic E-state index is -0.596. The smallest absolute Gasteiger partial charge is 0.272 e. The zero-order chi connectivity index (χ0) is 20.4. The van der Waals surface area contributed by atoms with Crippen LogP contribution in [0.25, 0.3) is 11.0 Å². The lowest BCUT2D eigenvalue weighted by molar-refractivity contribution is -0.102. The van der Waals surface area contributed by atoms with Crippen LogP contribution in [0.1, 0.15) is 35.0 Å². The van der Waals surface area contributed by atoms with E-state index in [9.17, 15) is 9.18 Å². The van der Waals surface area contributed by atoms with Crippen molar-refractivity contribution >= 4 is 16.9 Å². The first kappa shape index (κ1) is 19.4. The highest BCUT2D eigenvalue weighted by Gasteiger charge is 2.33. The van der Waals surface area contributed by atoms with Gasteiger partial charge in [-0.15, -0.1) is 0 Å². The van der Waals surface area contributed by atoms with Gasteiger partial charge in [-0.25, -0.2) is 14.4 Å². The Hall–Kier alpha value is -2.91. The van der Waals surface area contributed by atoms with Crippen LogP contribution in [0.5, 0.6) is 0 Å². The molecule has 9 heteroatoms. The first-order valence-electron chi connectivity index (χ1n) is 9.51. The average molecular weight is 399 g/mol. The molecule has 1 saturated heterocycles. The molecule has 1 aliphatic rings. The molecule has 0 saturated carbocycles. The molecule has 1 fully saturated rings. The monoisotopic (exact) mass is 399 g/mol. The number of fused-ring (bicyclic) bond motifs is 1. The summed E-state index contributed by atoms with van der Waals surface area (Å²) in [6.45, 7) is 5.59. The number of hydrogen-bond donors (Lipinski definition) is 1. The molecule has 0 aliphatic carbocycles. The Labute approximate surface area is 167 Å². The van der Waals surface area contributed by atoms with Crippen LogP contribution in [0.15, 0.2) is 30.6 Å². The molecule has 2 atom stereocenters. The Bertz CT molecular complexity index is 1010. The van der Waals surface area contributed by atoms with E-state index < -0.39 is 18.1 Å². The van der Waals surface area contributed by atoms with Gasteiger partial charge in [-0.2, -0.15) is 0 Å². The van der Waals surface area contributed by atoms with Gasteiger partial charge in [-0.1, -0.05) is 0 Å². The van der Waals surface area contributed by atoms with Gasteiger partial charge >= 0.3 is 0 Å². The van der Waals surface area contributed by atoms with Gasteiger partial charge < -0.3 is 19.4 Å². The molecule has 0 radical (unpaired) electrons. The van der Waals surface area contributed by atoms with Crippen LogP contribution >= 0.6 is 0 Å². The van der Waals surface area contributed by atoms with Crippen molar-refractivity contribution in [1.29, 1.82) is 0 Å². The second-order valence-electron chi connectivity index (χ2n) is 6.83. The quantitative estimate of drug-likeness (QED) is 0.707. The molecule has 1 amide bonds. The van der Waals surface area contributed by atoms with Crippen molar-refractivity contribution in [3.8, 4) is 0 Å². The second-order valence-corrected chi connectivity index (χ2v) is 6.83. The van der Waals surface area contributed by atoms with E-state index in [0.29, 0.717) is 37.7 Å². The van der Waals surface area contributed by atoms with Crippen molar-refractivity contribution < 1.29 is 18.7 Å². The minimum absolute atomic E-state index is 0.197. The average Bonchev–Trinajstić information content (AvgIpc) is 3.10. The van der Waals surface area contributed by atoms with Gasteiger partial charge in [-0.3, -0.25) is 9.78 Å². The summed E-state index contributed by atoms with van der Waals surface area (Å²) in [7, 11) is 0. The summed E-state index contributed by atoms with van der Waals surface area (Å²) in [4.78, 5) is 25.7. The highest BCUT2D eigenvalue weighted by atomic mass is 19.1. The number of aromatic nitrogens is 4. The van der Waals surface area contributed by atoms with Crippen molar-refractivity contribution in [2.75, 3.05) is 19.8 Å². The van der Waals surface area contributed by atoms with Gasteiger partial charge in [0.25, 0.3) is 5.91 Å². The maximum absolute atomic E-state index is 13.7. The molecule has 1 aromatic carbocycles. The first-order valence-corrected chi connectivity index (χ1v) is 9.51. The second kappa shape index (κ2) is 8.22. The van der Waals surface area contributed by atoms with Gasteiger partial charge in [0.15, 0.2) is 0 Å². The summed E-state index contributed by atoms with van der Waals surface area (Å²) in [6, 6.07) is 3.87. The number of ether oxygens (including phenoxy) is 2. The van der Waals surface area contributed by atoms with E-state index in [1.807, 2.05) is 11.5 Å². The Kier molecular flexibility index (Phi) is 5.50. The lowest BCUT2D eigenvalue weighted by atomic mass is 10.1. The standard InChI is InChI=1S/C20H22FN5O3/c1-3-26-16-5-4-13(21)8-14(16)24-19(26)18(17-11-28-6-7-29-17)25-20(27)15-10-22-12(2)9-23-15/h4-5,8-10,17-18H,3,6-7,11H2,1-2H3,(H,25,27). The van der Waals surface area contributed by atoms with Crippen molar-refractivity contribution in [2.24, 2.45) is 0 Å². The molecule has 2 unspecified atom stereocenters. The predicted molar refractivity (Wildman–Crippen MR) is 103 cm³/mol. The summed E-state index contributed by atoms with van der Waals surface area (Å²) < 4.78 is 27.1. The summed E-state index contributed by atoms with van der Waals surface area (Å²) in [5.74, 6) is -0.174. The van der Waals surface area contributed by atoms with Crippen LogP contribution in [-0.2, 0) is 16.0 Å². The number of halogens is 1. The number of imidazole rings is 1. The Morgan fingerprint density at radius 3 is 2.90 bits per heavy atom. The maximum atomic E-state index is 13.7. The summed E-state index contributed by atoms with van der Waals surface area (Å²) in [6.07, 6.45) is 2.53. The number of rotatable bonds is 5. The lowest BCUT2D eigenvalue weighted by Gasteiger charge is -2.30. The molecule has 152 valence electrons. The molecule has 0 spiro atoms. The van der Waals surface area contributed by atoms with Crippen LogP contribution in [0.2, 0.25) is 0 Å². The van der Waals surface area contributed by atoms with Crippen LogP contribution < -0.4 is 5.32 Å². The van der Waals surface area contributed by atoms with Gasteiger partial charge in [-0.05, 0) is 26.0 Å². The van der Waals surface area contributed by atoms with Gasteiger partial charge in [0.1, 0.15) is 29.5 Å². The SMILES string of the molecule is CCn1c(C(NC(=O)c2cnc(C)cn2)C2COCCO2)nc2cc(F)ccc21. The number of hydrogen-bond acceptors (Lipinski definition) is 6. The van der Waals surface area contributed by atoms with Crippen LogP contribution in [0.4, 0.5) is 4.39 Å². The van der Waals surface area contributed by atoms with Crippen molar-refractivity contribution in [3.63, 3.8) is 0 Å². The number of nitrogens with zero attached hydrogens (tertiary/aromatic N) is 4. The molecule has 1 aliphatic heterocycles. The largest absolute Gasteiger partial charge is 0.376 e. The van der Waals surface area contributed by atoms with E-state index in [-0.39, 0.29) is 11.5 Å². The van der Waals surface area contributed by atoms with Gasteiger partial charge in [0, 0.05) is 18.8 Å². The van der Waals surface area contributed by atoms with E-state index in [2.05, 4.69) is 20.3 Å². The predicted octanol–water partition coefficient (Wildman–Crippen LogP) is 2.18. The van der Waals surface area contributed by atoms with Gasteiger partial charge in [0.05, 0.1) is 42.7 Å². The van der Waals surface area contributed by atoms with E-state index in [1.54, 1.807) is 13.0 Å². The fraction of sp³-hybridized carbons (Fsp3) is 0.400. The molecule has 29 heavy (non-hydrogen) atoms. The zero-order valence-electron chi connectivity index (χ0n) is 16.3. The maximum Gasteiger partial charge on any atom is 0.272 e. The highest BCUT2D eigenvalue weighted by Crippen LogP contribution is 2.26. The fourth-order valence-electron chi connectivity index (χ4n) is 3.44. The molecular weight excluding hydrogens is 377 g/mol. The van der Waals surface area contributed by atoms with Crippen molar-refractivity contribution in [1.82, 2.24) is 24.8 Å². The number of nitrogens with one attached hydrogen (secondary N) is 1. The number of amides is 1. The Morgan fingerprint density at radius 1 is 1.34 bits per heavy atom. The molecule has 3 heterocycles. The minimum Gasteiger partial charge on any atom is -0.376 e. The lowest BCUT2D eigenvalue weighted by Crippen LogP contribution is -2.44. The van der Waals surface area contributed by atoms with E-state index in [1.165, 1.54) is 24.5 Å². The number of carbonyl (C=O) groups excluding carboxylic acids is 1. The van der Waals surface area contributed by atoms with Crippen molar-refractivity contribution in [2.45, 2.75) is 32.5 Å². The van der Waals surface area contributed by atoms with Crippen LogP contribution in [0.3, 0.4) is 0 Å². The number of carbonyl (C=O) groups is 1. The molecule has 0 bridgehead atoms.